The molecule has 0 aliphatic heterocycles. The van der Waals surface area contributed by atoms with Crippen LogP contribution in [0.3, 0.4) is 0 Å². The highest BCUT2D eigenvalue weighted by molar-refractivity contribution is 5.79. The molecule has 68 valence electrons. The van der Waals surface area contributed by atoms with E-state index in [0.717, 1.165) is 18.4 Å². The first-order chi connectivity index (χ1) is 5.65. The van der Waals surface area contributed by atoms with Gasteiger partial charge in [0, 0.05) is 6.04 Å². The topological polar surface area (TPSA) is 38.3 Å². The maximum Gasteiger partial charge on any atom is 0.327 e. The molecule has 0 radical (unpaired) electrons. The van der Waals surface area contributed by atoms with Crippen molar-refractivity contribution in [2.24, 2.45) is 0 Å². The number of ether oxygens (including phenoxy) is 1. The zero-order valence-corrected chi connectivity index (χ0v) is 7.59. The minimum Gasteiger partial charge on any atom is -0.468 e. The Kier molecular flexibility index (Phi) is 2.87. The molecule has 0 saturated heterocycles. The number of rotatable bonds is 4. The lowest BCUT2D eigenvalue weighted by molar-refractivity contribution is -0.142. The largest absolute Gasteiger partial charge is 0.468 e. The molecule has 3 nitrogen and oxygen atoms in total. The molecule has 0 bridgehead atoms. The highest BCUT2D eigenvalue weighted by atomic mass is 16.5. The second kappa shape index (κ2) is 3.72. The summed E-state index contributed by atoms with van der Waals surface area (Å²) in [5, 5.41) is 3.17. The maximum atomic E-state index is 11.2. The molecular weight excluding hydrogens is 154 g/mol. The van der Waals surface area contributed by atoms with Gasteiger partial charge in [-0.3, -0.25) is 10.1 Å². The zero-order valence-electron chi connectivity index (χ0n) is 7.59. The van der Waals surface area contributed by atoms with Gasteiger partial charge in [0.15, 0.2) is 0 Å². The lowest BCUT2D eigenvalue weighted by Crippen LogP contribution is -2.39. The van der Waals surface area contributed by atoms with Crippen LogP contribution in [0.25, 0.3) is 0 Å². The fourth-order valence-electron chi connectivity index (χ4n) is 1.02. The summed E-state index contributed by atoms with van der Waals surface area (Å²) >= 11 is 0. The van der Waals surface area contributed by atoms with Crippen LogP contribution in [0.2, 0.25) is 0 Å². The Bertz CT molecular complexity index is 197. The number of esters is 1. The van der Waals surface area contributed by atoms with E-state index in [9.17, 15) is 4.79 Å². The fourth-order valence-corrected chi connectivity index (χ4v) is 1.02. The van der Waals surface area contributed by atoms with E-state index in [1.807, 2.05) is 6.92 Å². The molecule has 12 heavy (non-hydrogen) atoms. The van der Waals surface area contributed by atoms with Gasteiger partial charge in [-0.1, -0.05) is 12.2 Å². The Hall–Kier alpha value is -0.830. The second-order valence-electron chi connectivity index (χ2n) is 3.24. The number of carbonyl (C=O) groups is 1. The Morgan fingerprint density at radius 2 is 2.25 bits per heavy atom. The van der Waals surface area contributed by atoms with E-state index in [0.29, 0.717) is 6.04 Å². The maximum absolute atomic E-state index is 11.2. The summed E-state index contributed by atoms with van der Waals surface area (Å²) in [4.78, 5) is 11.2. The number of hydrogen-bond donors (Lipinski definition) is 1. The van der Waals surface area contributed by atoms with Crippen molar-refractivity contribution < 1.29 is 9.53 Å². The first-order valence-corrected chi connectivity index (χ1v) is 4.14. The van der Waals surface area contributed by atoms with Crippen molar-refractivity contribution in [1.29, 1.82) is 0 Å². The van der Waals surface area contributed by atoms with Crippen molar-refractivity contribution in [2.45, 2.75) is 31.8 Å². The van der Waals surface area contributed by atoms with Gasteiger partial charge in [0.05, 0.1) is 7.11 Å². The molecule has 1 unspecified atom stereocenters. The van der Waals surface area contributed by atoms with Crippen LogP contribution < -0.4 is 5.32 Å². The Labute approximate surface area is 72.8 Å². The molecule has 1 atom stereocenters. The van der Waals surface area contributed by atoms with E-state index in [1.165, 1.54) is 7.11 Å². The third-order valence-electron chi connectivity index (χ3n) is 1.91. The predicted molar refractivity (Wildman–Crippen MR) is 46.8 cm³/mol. The average Bonchev–Trinajstić information content (AvgIpc) is 2.81. The quantitative estimate of drug-likeness (QED) is 0.501. The van der Waals surface area contributed by atoms with Crippen molar-refractivity contribution in [3.8, 4) is 0 Å². The summed E-state index contributed by atoms with van der Waals surface area (Å²) in [6, 6.07) is 0.174. The molecule has 1 saturated carbocycles. The highest BCUT2D eigenvalue weighted by Crippen LogP contribution is 2.20. The summed E-state index contributed by atoms with van der Waals surface area (Å²) < 4.78 is 4.64. The standard InChI is InChI=1S/C9H15NO2/c1-6(2)8(9(11)12-3)10-7-4-5-7/h7-8,10H,1,4-5H2,2-3H3. The lowest BCUT2D eigenvalue weighted by Gasteiger charge is -2.15. The fraction of sp³-hybridized carbons (Fsp3) is 0.667. The first kappa shape index (κ1) is 9.26. The molecule has 0 aromatic rings. The Balaban J connectivity index is 2.46. The smallest absolute Gasteiger partial charge is 0.327 e. The molecule has 1 rings (SSSR count). The third kappa shape index (κ3) is 2.34. The molecular formula is C9H15NO2. The molecule has 1 aliphatic carbocycles. The molecule has 1 N–H and O–H groups in total. The molecule has 0 aromatic heterocycles. The van der Waals surface area contributed by atoms with Gasteiger partial charge in [-0.25, -0.2) is 0 Å². The third-order valence-corrected chi connectivity index (χ3v) is 1.91. The van der Waals surface area contributed by atoms with E-state index in [4.69, 9.17) is 0 Å². The van der Waals surface area contributed by atoms with Crippen LogP contribution in [0.1, 0.15) is 19.8 Å². The van der Waals surface area contributed by atoms with Crippen LogP contribution in [0.15, 0.2) is 12.2 Å². The van der Waals surface area contributed by atoms with Crippen LogP contribution in [-0.4, -0.2) is 25.2 Å². The van der Waals surface area contributed by atoms with Crippen molar-refractivity contribution in [2.75, 3.05) is 7.11 Å². The van der Waals surface area contributed by atoms with E-state index in [1.54, 1.807) is 0 Å². The first-order valence-electron chi connectivity index (χ1n) is 4.14. The van der Waals surface area contributed by atoms with E-state index < -0.39 is 0 Å². The van der Waals surface area contributed by atoms with Gasteiger partial charge in [-0.05, 0) is 19.8 Å². The minimum atomic E-state index is -0.317. The van der Waals surface area contributed by atoms with Gasteiger partial charge in [0.25, 0.3) is 0 Å². The number of carbonyl (C=O) groups excluding carboxylic acids is 1. The summed E-state index contributed by atoms with van der Waals surface area (Å²) in [5.41, 5.74) is 0.814. The van der Waals surface area contributed by atoms with E-state index >= 15 is 0 Å². The van der Waals surface area contributed by atoms with Crippen LogP contribution in [0, 0.1) is 0 Å². The summed E-state index contributed by atoms with van der Waals surface area (Å²) in [5.74, 6) is -0.241. The molecule has 0 amide bonds. The second-order valence-corrected chi connectivity index (χ2v) is 3.24. The van der Waals surface area contributed by atoms with Gasteiger partial charge in [-0.15, -0.1) is 0 Å². The van der Waals surface area contributed by atoms with Crippen molar-refractivity contribution >= 4 is 5.97 Å². The lowest BCUT2D eigenvalue weighted by atomic mass is 10.1. The van der Waals surface area contributed by atoms with Crippen LogP contribution in [0.5, 0.6) is 0 Å². The number of hydrogen-bond acceptors (Lipinski definition) is 3. The Morgan fingerprint density at radius 3 is 2.58 bits per heavy atom. The highest BCUT2D eigenvalue weighted by Gasteiger charge is 2.29. The minimum absolute atomic E-state index is 0.241. The molecule has 1 aliphatic rings. The van der Waals surface area contributed by atoms with Crippen molar-refractivity contribution in [1.82, 2.24) is 5.32 Å². The van der Waals surface area contributed by atoms with E-state index in [-0.39, 0.29) is 12.0 Å². The van der Waals surface area contributed by atoms with Crippen LogP contribution in [0.4, 0.5) is 0 Å². The monoisotopic (exact) mass is 169 g/mol. The van der Waals surface area contributed by atoms with Gasteiger partial charge >= 0.3 is 5.97 Å². The van der Waals surface area contributed by atoms with E-state index in [2.05, 4.69) is 16.6 Å². The molecule has 0 spiro atoms. The normalized spacial score (nSPS) is 18.5. The van der Waals surface area contributed by atoms with Crippen molar-refractivity contribution in [3.63, 3.8) is 0 Å². The van der Waals surface area contributed by atoms with Gasteiger partial charge in [-0.2, -0.15) is 0 Å². The Morgan fingerprint density at radius 1 is 1.67 bits per heavy atom. The van der Waals surface area contributed by atoms with Gasteiger partial charge in [0.2, 0.25) is 0 Å². The molecule has 1 fully saturated rings. The molecule has 0 aromatic carbocycles. The van der Waals surface area contributed by atoms with Gasteiger partial charge < -0.3 is 4.74 Å². The van der Waals surface area contributed by atoms with Crippen LogP contribution >= 0.6 is 0 Å². The van der Waals surface area contributed by atoms with Gasteiger partial charge in [0.1, 0.15) is 6.04 Å². The zero-order chi connectivity index (χ0) is 9.14. The summed E-state index contributed by atoms with van der Waals surface area (Å²) in [7, 11) is 1.40. The summed E-state index contributed by atoms with van der Waals surface area (Å²) in [6.07, 6.45) is 2.31. The number of methoxy groups -OCH3 is 1. The SMILES string of the molecule is C=C(C)C(NC1CC1)C(=O)OC. The predicted octanol–water partition coefficient (Wildman–Crippen LogP) is 0.856. The van der Waals surface area contributed by atoms with Crippen LogP contribution in [-0.2, 0) is 9.53 Å². The van der Waals surface area contributed by atoms with Crippen molar-refractivity contribution in [3.05, 3.63) is 12.2 Å². The summed E-state index contributed by atoms with van der Waals surface area (Å²) in [6.45, 7) is 5.57. The number of nitrogens with one attached hydrogen (secondary N) is 1. The molecule has 0 heterocycles. The molecule has 3 heteroatoms. The average molecular weight is 169 g/mol.